The predicted octanol–water partition coefficient (Wildman–Crippen LogP) is 3.26. The molecular weight excluding hydrogens is 474 g/mol. The molecule has 1 saturated heterocycles. The second-order valence-electron chi connectivity index (χ2n) is 8.30. The minimum Gasteiger partial charge on any atom is -0.350 e. The molecule has 0 atom stereocenters. The monoisotopic (exact) mass is 499 g/mol. The number of hydrogen-bond acceptors (Lipinski definition) is 4. The third-order valence-electron chi connectivity index (χ3n) is 6.41. The lowest BCUT2D eigenvalue weighted by Crippen LogP contribution is -2.63. The van der Waals surface area contributed by atoms with Crippen molar-refractivity contribution in [2.75, 3.05) is 38.5 Å². The van der Waals surface area contributed by atoms with E-state index >= 15 is 0 Å². The molecule has 0 radical (unpaired) electrons. The van der Waals surface area contributed by atoms with Crippen LogP contribution in [-0.2, 0) is 10.0 Å². The molecule has 0 bridgehead atoms. The lowest BCUT2D eigenvalue weighted by Gasteiger charge is -2.50. The van der Waals surface area contributed by atoms with E-state index in [0.29, 0.717) is 25.2 Å². The van der Waals surface area contributed by atoms with E-state index in [2.05, 4.69) is 5.32 Å². The van der Waals surface area contributed by atoms with Gasteiger partial charge in [0.2, 0.25) is 15.9 Å². The zero-order valence-corrected chi connectivity index (χ0v) is 19.2. The molecule has 0 aromatic heterocycles. The van der Waals surface area contributed by atoms with E-state index in [9.17, 15) is 30.8 Å². The van der Waals surface area contributed by atoms with E-state index < -0.39 is 39.0 Å². The Hall–Kier alpha value is -1.43. The van der Waals surface area contributed by atoms with Crippen LogP contribution in [0.1, 0.15) is 43.0 Å². The van der Waals surface area contributed by atoms with Gasteiger partial charge in [-0.1, -0.05) is 11.6 Å². The van der Waals surface area contributed by atoms with Crippen LogP contribution in [0.15, 0.2) is 12.1 Å². The number of amides is 1. The third kappa shape index (κ3) is 5.37. The fourth-order valence-corrected chi connectivity index (χ4v) is 5.67. The van der Waals surface area contributed by atoms with Crippen LogP contribution in [-0.4, -0.2) is 73.5 Å². The first-order valence-corrected chi connectivity index (χ1v) is 12.4. The summed E-state index contributed by atoms with van der Waals surface area (Å²) in [5.74, 6) is -5.96. The van der Waals surface area contributed by atoms with Crippen LogP contribution in [0.2, 0.25) is 5.02 Å². The van der Waals surface area contributed by atoms with Gasteiger partial charge in [0.25, 0.3) is 5.91 Å². The van der Waals surface area contributed by atoms with Crippen molar-refractivity contribution in [3.05, 3.63) is 34.4 Å². The summed E-state index contributed by atoms with van der Waals surface area (Å²) in [6.07, 6.45) is -0.511. The summed E-state index contributed by atoms with van der Waals surface area (Å²) in [7, 11) is -3.35. The van der Waals surface area contributed by atoms with E-state index in [1.807, 2.05) is 4.90 Å². The van der Waals surface area contributed by atoms with Gasteiger partial charge in [0.15, 0.2) is 11.6 Å². The second-order valence-corrected chi connectivity index (χ2v) is 11.0. The summed E-state index contributed by atoms with van der Waals surface area (Å²) in [5.41, 5.74) is -1.05. The second kappa shape index (κ2) is 9.44. The number of carbonyl (C=O) groups excluding carboxylic acids is 1. The predicted molar refractivity (Wildman–Crippen MR) is 112 cm³/mol. The Bertz CT molecular complexity index is 959. The molecule has 12 heteroatoms. The average Bonchev–Trinajstić information content (AvgIpc) is 2.76. The van der Waals surface area contributed by atoms with Crippen LogP contribution in [0.4, 0.5) is 17.6 Å². The standard InChI is InChI=1S/C20H26ClF4N3O3S/c1-2-32(30,31)28-9-7-27(8-10-28)19(3-5-20(24,25)6-4-19)13-26-18(29)14-11-16(22)17(23)12-15(14)21/h11-12H,2-10,13H2,1H3,(H,26,29). The average molecular weight is 500 g/mol. The molecule has 1 N–H and O–H groups in total. The Kier molecular flexibility index (Phi) is 7.43. The molecule has 0 unspecified atom stereocenters. The molecule has 1 aliphatic carbocycles. The normalized spacial score (nSPS) is 21.9. The first kappa shape index (κ1) is 25.2. The summed E-state index contributed by atoms with van der Waals surface area (Å²) < 4.78 is 80.3. The number of benzene rings is 1. The molecular formula is C20H26ClF4N3O3S. The van der Waals surface area contributed by atoms with Crippen molar-refractivity contribution in [1.82, 2.24) is 14.5 Å². The van der Waals surface area contributed by atoms with E-state index in [1.165, 1.54) is 4.31 Å². The lowest BCUT2D eigenvalue weighted by molar-refractivity contribution is -0.0856. The van der Waals surface area contributed by atoms with E-state index in [4.69, 9.17) is 11.6 Å². The van der Waals surface area contributed by atoms with Gasteiger partial charge in [-0.05, 0) is 31.9 Å². The summed E-state index contributed by atoms with van der Waals surface area (Å²) in [4.78, 5) is 14.6. The van der Waals surface area contributed by atoms with Gasteiger partial charge in [-0.3, -0.25) is 9.69 Å². The van der Waals surface area contributed by atoms with Gasteiger partial charge in [-0.25, -0.2) is 26.0 Å². The van der Waals surface area contributed by atoms with Crippen molar-refractivity contribution in [2.24, 2.45) is 0 Å². The molecule has 32 heavy (non-hydrogen) atoms. The number of sulfonamides is 1. The van der Waals surface area contributed by atoms with Crippen LogP contribution in [0.25, 0.3) is 0 Å². The zero-order chi connectivity index (χ0) is 23.7. The maximum Gasteiger partial charge on any atom is 0.252 e. The Balaban J connectivity index is 1.75. The highest BCUT2D eigenvalue weighted by molar-refractivity contribution is 7.89. The number of nitrogens with zero attached hydrogens (tertiary/aromatic N) is 2. The van der Waals surface area contributed by atoms with Crippen molar-refractivity contribution in [1.29, 1.82) is 0 Å². The minimum absolute atomic E-state index is 0.00222. The highest BCUT2D eigenvalue weighted by atomic mass is 35.5. The molecule has 3 rings (SSSR count). The third-order valence-corrected chi connectivity index (χ3v) is 8.61. The number of alkyl halides is 2. The fourth-order valence-electron chi connectivity index (χ4n) is 4.35. The number of carbonyl (C=O) groups is 1. The Morgan fingerprint density at radius 2 is 1.62 bits per heavy atom. The Morgan fingerprint density at radius 3 is 2.19 bits per heavy atom. The fraction of sp³-hybridized carbons (Fsp3) is 0.650. The molecule has 1 heterocycles. The molecule has 2 aliphatic rings. The number of rotatable bonds is 6. The van der Waals surface area contributed by atoms with Crippen LogP contribution >= 0.6 is 11.6 Å². The molecule has 1 saturated carbocycles. The largest absolute Gasteiger partial charge is 0.350 e. The van der Waals surface area contributed by atoms with E-state index in [1.54, 1.807) is 6.92 Å². The number of hydrogen-bond donors (Lipinski definition) is 1. The van der Waals surface area contributed by atoms with Crippen LogP contribution in [0.5, 0.6) is 0 Å². The van der Waals surface area contributed by atoms with Crippen molar-refractivity contribution in [3.63, 3.8) is 0 Å². The summed E-state index contributed by atoms with van der Waals surface area (Å²) in [6, 6.07) is 1.40. The van der Waals surface area contributed by atoms with Gasteiger partial charge in [-0.2, -0.15) is 4.31 Å². The molecule has 1 aromatic carbocycles. The lowest BCUT2D eigenvalue weighted by atomic mass is 9.78. The topological polar surface area (TPSA) is 69.7 Å². The number of halogens is 5. The Labute approximate surface area is 189 Å². The van der Waals surface area contributed by atoms with Gasteiger partial charge in [0, 0.05) is 51.1 Å². The van der Waals surface area contributed by atoms with Crippen molar-refractivity contribution < 1.29 is 30.8 Å². The van der Waals surface area contributed by atoms with Gasteiger partial charge < -0.3 is 5.32 Å². The first-order valence-electron chi connectivity index (χ1n) is 10.4. The summed E-state index contributed by atoms with van der Waals surface area (Å²) in [5, 5.41) is 2.38. The van der Waals surface area contributed by atoms with Crippen LogP contribution in [0.3, 0.4) is 0 Å². The van der Waals surface area contributed by atoms with Gasteiger partial charge >= 0.3 is 0 Å². The first-order chi connectivity index (χ1) is 14.9. The number of nitrogens with one attached hydrogen (secondary N) is 1. The highest BCUT2D eigenvalue weighted by Gasteiger charge is 2.47. The smallest absolute Gasteiger partial charge is 0.252 e. The zero-order valence-electron chi connectivity index (χ0n) is 17.6. The highest BCUT2D eigenvalue weighted by Crippen LogP contribution is 2.42. The SMILES string of the molecule is CCS(=O)(=O)N1CCN(C2(CNC(=O)c3cc(F)c(F)cc3Cl)CCC(F)(F)CC2)CC1. The molecule has 1 aromatic rings. The summed E-state index contributed by atoms with van der Waals surface area (Å²) in [6.45, 7) is 2.71. The molecule has 1 amide bonds. The van der Waals surface area contributed by atoms with Crippen LogP contribution in [0, 0.1) is 11.6 Å². The van der Waals surface area contributed by atoms with Gasteiger partial charge in [-0.15, -0.1) is 0 Å². The van der Waals surface area contributed by atoms with Crippen molar-refractivity contribution in [3.8, 4) is 0 Å². The van der Waals surface area contributed by atoms with Crippen molar-refractivity contribution in [2.45, 2.75) is 44.1 Å². The molecule has 180 valence electrons. The maximum atomic E-state index is 13.9. The molecule has 1 aliphatic heterocycles. The summed E-state index contributed by atoms with van der Waals surface area (Å²) >= 11 is 5.87. The van der Waals surface area contributed by atoms with Crippen LogP contribution < -0.4 is 5.32 Å². The minimum atomic E-state index is -3.35. The Morgan fingerprint density at radius 1 is 1.06 bits per heavy atom. The van der Waals surface area contributed by atoms with E-state index in [0.717, 1.165) is 0 Å². The van der Waals surface area contributed by atoms with E-state index in [-0.39, 0.29) is 61.7 Å². The maximum absolute atomic E-state index is 13.9. The van der Waals surface area contributed by atoms with Crippen molar-refractivity contribution >= 4 is 27.5 Å². The number of piperazine rings is 1. The molecule has 6 nitrogen and oxygen atoms in total. The van der Waals surface area contributed by atoms with Gasteiger partial charge in [0.1, 0.15) is 0 Å². The molecule has 2 fully saturated rings. The quantitative estimate of drug-likeness (QED) is 0.482. The van der Waals surface area contributed by atoms with Gasteiger partial charge in [0.05, 0.1) is 16.3 Å². The molecule has 0 spiro atoms.